The van der Waals surface area contributed by atoms with Crippen LogP contribution >= 0.6 is 27.7 Å². The van der Waals surface area contributed by atoms with Crippen molar-refractivity contribution in [2.45, 2.75) is 29.9 Å². The Morgan fingerprint density at radius 1 is 1.40 bits per heavy atom. The van der Waals surface area contributed by atoms with Gasteiger partial charge in [0.2, 0.25) is 0 Å². The molecule has 0 aliphatic rings. The molecule has 2 aromatic rings. The highest BCUT2D eigenvalue weighted by Crippen LogP contribution is 2.30. The monoisotopic (exact) mass is 353 g/mol. The SMILES string of the molecule is CCCNCc1ccc(Br)cc1Sc1nccc(=O)[nH]1. The number of aromatic nitrogens is 2. The lowest BCUT2D eigenvalue weighted by molar-refractivity contribution is 0.669. The van der Waals surface area contributed by atoms with Crippen LogP contribution in [0.15, 0.2) is 49.8 Å². The summed E-state index contributed by atoms with van der Waals surface area (Å²) in [6.45, 7) is 3.93. The molecule has 0 spiro atoms. The number of benzene rings is 1. The van der Waals surface area contributed by atoms with Crippen LogP contribution < -0.4 is 10.9 Å². The molecule has 1 aromatic heterocycles. The Kier molecular flexibility index (Phi) is 5.82. The fourth-order valence-electron chi connectivity index (χ4n) is 1.68. The van der Waals surface area contributed by atoms with Crippen molar-refractivity contribution in [3.8, 4) is 0 Å². The van der Waals surface area contributed by atoms with E-state index < -0.39 is 0 Å². The van der Waals surface area contributed by atoms with Crippen LogP contribution in [0.3, 0.4) is 0 Å². The number of aromatic amines is 1. The fraction of sp³-hybridized carbons (Fsp3) is 0.286. The number of hydrogen-bond acceptors (Lipinski definition) is 4. The molecule has 0 saturated carbocycles. The zero-order valence-corrected chi connectivity index (χ0v) is 13.6. The average Bonchev–Trinajstić information content (AvgIpc) is 2.41. The van der Waals surface area contributed by atoms with Crippen molar-refractivity contribution in [1.29, 1.82) is 0 Å². The number of H-pyrrole nitrogens is 1. The average molecular weight is 354 g/mol. The third-order valence-electron chi connectivity index (χ3n) is 2.63. The van der Waals surface area contributed by atoms with E-state index in [0.717, 1.165) is 28.9 Å². The van der Waals surface area contributed by atoms with Crippen LogP contribution in [-0.4, -0.2) is 16.5 Å². The van der Waals surface area contributed by atoms with Gasteiger partial charge in [0.15, 0.2) is 5.16 Å². The number of nitrogens with zero attached hydrogens (tertiary/aromatic N) is 1. The van der Waals surface area contributed by atoms with E-state index in [-0.39, 0.29) is 5.56 Å². The molecule has 6 heteroatoms. The van der Waals surface area contributed by atoms with Gasteiger partial charge in [0.05, 0.1) is 0 Å². The molecule has 0 atom stereocenters. The van der Waals surface area contributed by atoms with Gasteiger partial charge >= 0.3 is 0 Å². The summed E-state index contributed by atoms with van der Waals surface area (Å²) in [7, 11) is 0. The fourth-order valence-corrected chi connectivity index (χ4v) is 3.12. The molecule has 1 aromatic carbocycles. The lowest BCUT2D eigenvalue weighted by Crippen LogP contribution is -2.14. The zero-order valence-electron chi connectivity index (χ0n) is 11.1. The maximum atomic E-state index is 11.3. The minimum atomic E-state index is -0.136. The van der Waals surface area contributed by atoms with Crippen LogP contribution in [0, 0.1) is 0 Å². The number of halogens is 1. The highest BCUT2D eigenvalue weighted by atomic mass is 79.9. The van der Waals surface area contributed by atoms with Crippen molar-refractivity contribution in [2.24, 2.45) is 0 Å². The smallest absolute Gasteiger partial charge is 0.251 e. The van der Waals surface area contributed by atoms with Crippen molar-refractivity contribution in [3.05, 3.63) is 50.9 Å². The van der Waals surface area contributed by atoms with Gasteiger partial charge in [-0.2, -0.15) is 0 Å². The molecule has 0 bridgehead atoms. The van der Waals surface area contributed by atoms with Gasteiger partial charge in [-0.1, -0.05) is 40.7 Å². The first-order valence-corrected chi connectivity index (χ1v) is 8.02. The van der Waals surface area contributed by atoms with Gasteiger partial charge in [0, 0.05) is 28.2 Å². The Balaban J connectivity index is 2.20. The second kappa shape index (κ2) is 7.61. The molecule has 0 saturated heterocycles. The van der Waals surface area contributed by atoms with Crippen molar-refractivity contribution < 1.29 is 0 Å². The first-order valence-electron chi connectivity index (χ1n) is 6.41. The van der Waals surface area contributed by atoms with E-state index in [9.17, 15) is 4.79 Å². The Hall–Kier alpha value is -1.11. The molecular weight excluding hydrogens is 338 g/mol. The molecule has 0 aliphatic carbocycles. The highest BCUT2D eigenvalue weighted by molar-refractivity contribution is 9.10. The molecule has 1 heterocycles. The Morgan fingerprint density at radius 3 is 3.00 bits per heavy atom. The molecule has 0 unspecified atom stereocenters. The molecule has 0 amide bonds. The quantitative estimate of drug-likeness (QED) is 0.618. The van der Waals surface area contributed by atoms with E-state index in [2.05, 4.69) is 44.2 Å². The third kappa shape index (κ3) is 4.47. The predicted molar refractivity (Wildman–Crippen MR) is 85.1 cm³/mol. The van der Waals surface area contributed by atoms with Crippen LogP contribution in [0.2, 0.25) is 0 Å². The minimum absolute atomic E-state index is 0.136. The van der Waals surface area contributed by atoms with Crippen LogP contribution in [0.25, 0.3) is 0 Å². The normalized spacial score (nSPS) is 10.7. The predicted octanol–water partition coefficient (Wildman–Crippen LogP) is 3.18. The summed E-state index contributed by atoms with van der Waals surface area (Å²) >= 11 is 4.94. The largest absolute Gasteiger partial charge is 0.313 e. The standard InChI is InChI=1S/C14H16BrN3OS/c1-2-6-16-9-10-3-4-11(15)8-12(10)20-14-17-7-5-13(19)18-14/h3-5,7-8,16H,2,6,9H2,1H3,(H,17,18,19). The van der Waals surface area contributed by atoms with Crippen molar-refractivity contribution in [3.63, 3.8) is 0 Å². The highest BCUT2D eigenvalue weighted by Gasteiger charge is 2.07. The number of rotatable bonds is 6. The van der Waals surface area contributed by atoms with E-state index >= 15 is 0 Å². The van der Waals surface area contributed by atoms with Crippen LogP contribution in [-0.2, 0) is 6.54 Å². The first-order chi connectivity index (χ1) is 9.69. The molecular formula is C14H16BrN3OS. The summed E-state index contributed by atoms with van der Waals surface area (Å²) in [5, 5.41) is 3.99. The van der Waals surface area contributed by atoms with Gasteiger partial charge < -0.3 is 10.3 Å². The van der Waals surface area contributed by atoms with Crippen LogP contribution in [0.1, 0.15) is 18.9 Å². The molecule has 0 fully saturated rings. The first kappa shape index (κ1) is 15.3. The molecule has 4 nitrogen and oxygen atoms in total. The van der Waals surface area contributed by atoms with Crippen LogP contribution in [0.5, 0.6) is 0 Å². The second-order valence-electron chi connectivity index (χ2n) is 4.27. The van der Waals surface area contributed by atoms with Crippen LogP contribution in [0.4, 0.5) is 0 Å². The van der Waals surface area contributed by atoms with Gasteiger partial charge in [0.1, 0.15) is 0 Å². The van der Waals surface area contributed by atoms with E-state index in [1.807, 2.05) is 12.1 Å². The summed E-state index contributed by atoms with van der Waals surface area (Å²) < 4.78 is 1.01. The molecule has 20 heavy (non-hydrogen) atoms. The minimum Gasteiger partial charge on any atom is -0.313 e. The molecule has 2 N–H and O–H groups in total. The third-order valence-corrected chi connectivity index (χ3v) is 4.12. The molecule has 106 valence electrons. The van der Waals surface area contributed by atoms with E-state index in [4.69, 9.17) is 0 Å². The maximum Gasteiger partial charge on any atom is 0.251 e. The van der Waals surface area contributed by atoms with Gasteiger partial charge in [0.25, 0.3) is 5.56 Å². The maximum absolute atomic E-state index is 11.3. The molecule has 0 radical (unpaired) electrons. The van der Waals surface area contributed by atoms with Crippen molar-refractivity contribution in [2.75, 3.05) is 6.54 Å². The second-order valence-corrected chi connectivity index (χ2v) is 6.22. The van der Waals surface area contributed by atoms with Crippen molar-refractivity contribution in [1.82, 2.24) is 15.3 Å². The van der Waals surface area contributed by atoms with Gasteiger partial charge in [-0.15, -0.1) is 0 Å². The number of hydrogen-bond donors (Lipinski definition) is 2. The summed E-state index contributed by atoms with van der Waals surface area (Å²) in [4.78, 5) is 19.3. The summed E-state index contributed by atoms with van der Waals surface area (Å²) in [6.07, 6.45) is 2.63. The van der Waals surface area contributed by atoms with E-state index in [1.54, 1.807) is 0 Å². The van der Waals surface area contributed by atoms with E-state index in [1.165, 1.54) is 29.6 Å². The topological polar surface area (TPSA) is 57.8 Å². The number of nitrogens with one attached hydrogen (secondary N) is 2. The van der Waals surface area contributed by atoms with E-state index in [0.29, 0.717) is 5.16 Å². The molecule has 2 rings (SSSR count). The summed E-state index contributed by atoms with van der Waals surface area (Å²) in [5.41, 5.74) is 1.06. The Labute approximate surface area is 130 Å². The summed E-state index contributed by atoms with van der Waals surface area (Å²) in [5.74, 6) is 0. The van der Waals surface area contributed by atoms with Crippen molar-refractivity contribution >= 4 is 27.7 Å². The Morgan fingerprint density at radius 2 is 2.25 bits per heavy atom. The Bertz CT molecular complexity index is 630. The summed E-state index contributed by atoms with van der Waals surface area (Å²) in [6, 6.07) is 7.56. The lowest BCUT2D eigenvalue weighted by Gasteiger charge is -2.10. The lowest BCUT2D eigenvalue weighted by atomic mass is 10.2. The van der Waals surface area contributed by atoms with Gasteiger partial charge in [-0.3, -0.25) is 4.79 Å². The van der Waals surface area contributed by atoms with Gasteiger partial charge in [-0.05, 0) is 30.7 Å². The van der Waals surface area contributed by atoms with Gasteiger partial charge in [-0.25, -0.2) is 4.98 Å². The molecule has 0 aliphatic heterocycles. The zero-order chi connectivity index (χ0) is 14.4.